The standard InChI is InChI=1S/C16H26O7/c1-7-11(6)12(17)8-13(18)16(21,22-14(19)9(2)3)23-15(20)10(4)5/h11-13,17-18,21H,2,4,7-8H2,1,3,5-6H3. The molecule has 0 aromatic heterocycles. The molecule has 7 nitrogen and oxygen atoms in total. The highest BCUT2D eigenvalue weighted by atomic mass is 16.8. The number of carbonyl (C=O) groups excluding carboxylic acids is 2. The molecule has 3 atom stereocenters. The number of aliphatic hydroxyl groups excluding tert-OH is 2. The molecule has 0 saturated heterocycles. The van der Waals surface area contributed by atoms with Crippen LogP contribution in [0.5, 0.6) is 0 Å². The number of aliphatic hydroxyl groups is 3. The first-order valence-electron chi connectivity index (χ1n) is 7.30. The predicted octanol–water partition coefficient (Wildman–Crippen LogP) is 1.03. The zero-order valence-corrected chi connectivity index (χ0v) is 14.0. The maximum atomic E-state index is 11.6. The van der Waals surface area contributed by atoms with Gasteiger partial charge in [0.15, 0.2) is 6.10 Å². The maximum Gasteiger partial charge on any atom is 0.401 e. The molecule has 0 heterocycles. The summed E-state index contributed by atoms with van der Waals surface area (Å²) in [5.74, 6) is -5.23. The van der Waals surface area contributed by atoms with Gasteiger partial charge in [-0.1, -0.05) is 33.4 Å². The Morgan fingerprint density at radius 1 is 1.09 bits per heavy atom. The molecule has 0 amide bonds. The Kier molecular flexibility index (Phi) is 8.16. The summed E-state index contributed by atoms with van der Waals surface area (Å²) in [7, 11) is 0. The predicted molar refractivity (Wildman–Crippen MR) is 82.8 cm³/mol. The fourth-order valence-corrected chi connectivity index (χ4v) is 1.48. The molecule has 0 spiro atoms. The smallest absolute Gasteiger partial charge is 0.393 e. The van der Waals surface area contributed by atoms with Crippen molar-refractivity contribution in [3.05, 3.63) is 24.3 Å². The van der Waals surface area contributed by atoms with E-state index < -0.39 is 30.1 Å². The van der Waals surface area contributed by atoms with E-state index in [0.29, 0.717) is 6.42 Å². The van der Waals surface area contributed by atoms with Gasteiger partial charge in [-0.15, -0.1) is 0 Å². The van der Waals surface area contributed by atoms with Crippen LogP contribution in [0.4, 0.5) is 0 Å². The van der Waals surface area contributed by atoms with E-state index in [1.54, 1.807) is 6.92 Å². The third kappa shape index (κ3) is 6.52. The summed E-state index contributed by atoms with van der Waals surface area (Å²) in [6.45, 7) is 12.9. The van der Waals surface area contributed by atoms with Gasteiger partial charge in [0.1, 0.15) is 0 Å². The molecule has 0 bridgehead atoms. The fourth-order valence-electron chi connectivity index (χ4n) is 1.48. The van der Waals surface area contributed by atoms with Crippen LogP contribution in [0.25, 0.3) is 0 Å². The van der Waals surface area contributed by atoms with Crippen LogP contribution in [0.1, 0.15) is 40.5 Å². The van der Waals surface area contributed by atoms with Crippen LogP contribution in [-0.4, -0.2) is 45.4 Å². The molecular formula is C16H26O7. The minimum Gasteiger partial charge on any atom is -0.393 e. The highest BCUT2D eigenvalue weighted by molar-refractivity contribution is 5.88. The molecule has 0 rings (SSSR count). The molecule has 0 aliphatic carbocycles. The van der Waals surface area contributed by atoms with Crippen LogP contribution < -0.4 is 0 Å². The maximum absolute atomic E-state index is 11.6. The van der Waals surface area contributed by atoms with Crippen molar-refractivity contribution in [1.82, 2.24) is 0 Å². The van der Waals surface area contributed by atoms with E-state index in [-0.39, 0.29) is 23.5 Å². The summed E-state index contributed by atoms with van der Waals surface area (Å²) in [5, 5.41) is 30.4. The summed E-state index contributed by atoms with van der Waals surface area (Å²) in [4.78, 5) is 23.2. The Bertz CT molecular complexity index is 441. The van der Waals surface area contributed by atoms with Crippen molar-refractivity contribution in [2.24, 2.45) is 5.92 Å². The van der Waals surface area contributed by atoms with Crippen molar-refractivity contribution < 1.29 is 34.4 Å². The average molecular weight is 330 g/mol. The van der Waals surface area contributed by atoms with Gasteiger partial charge < -0.3 is 24.8 Å². The molecule has 0 aliphatic heterocycles. The van der Waals surface area contributed by atoms with Crippen molar-refractivity contribution in [2.75, 3.05) is 0 Å². The number of ether oxygens (including phenoxy) is 2. The van der Waals surface area contributed by atoms with E-state index in [1.807, 2.05) is 6.92 Å². The second-order valence-electron chi connectivity index (χ2n) is 5.67. The Hall–Kier alpha value is -1.70. The normalized spacial score (nSPS) is 15.3. The summed E-state index contributed by atoms with van der Waals surface area (Å²) in [5.41, 5.74) is -0.131. The second kappa shape index (κ2) is 8.81. The first-order chi connectivity index (χ1) is 10.4. The van der Waals surface area contributed by atoms with Gasteiger partial charge in [-0.2, -0.15) is 0 Å². The van der Waals surface area contributed by atoms with Crippen molar-refractivity contribution in [2.45, 2.75) is 58.7 Å². The number of rotatable bonds is 9. The largest absolute Gasteiger partial charge is 0.401 e. The summed E-state index contributed by atoms with van der Waals surface area (Å²) in [6.07, 6.45) is -2.58. The highest BCUT2D eigenvalue weighted by Gasteiger charge is 2.46. The molecule has 0 aromatic carbocycles. The van der Waals surface area contributed by atoms with E-state index in [0.717, 1.165) is 0 Å². The lowest BCUT2D eigenvalue weighted by Crippen LogP contribution is -2.51. The van der Waals surface area contributed by atoms with Gasteiger partial charge in [0.25, 0.3) is 0 Å². The average Bonchev–Trinajstić information content (AvgIpc) is 2.45. The zero-order chi connectivity index (χ0) is 18.4. The molecule has 23 heavy (non-hydrogen) atoms. The number of carbonyl (C=O) groups is 2. The van der Waals surface area contributed by atoms with Crippen molar-refractivity contribution in [3.8, 4) is 0 Å². The molecule has 7 heteroatoms. The van der Waals surface area contributed by atoms with Crippen LogP contribution in [-0.2, 0) is 19.1 Å². The second-order valence-corrected chi connectivity index (χ2v) is 5.67. The Morgan fingerprint density at radius 2 is 1.48 bits per heavy atom. The third-order valence-electron chi connectivity index (χ3n) is 3.36. The van der Waals surface area contributed by atoms with Gasteiger partial charge in [-0.3, -0.25) is 0 Å². The third-order valence-corrected chi connectivity index (χ3v) is 3.36. The van der Waals surface area contributed by atoms with Crippen LogP contribution in [0.3, 0.4) is 0 Å². The van der Waals surface area contributed by atoms with Crippen LogP contribution in [0, 0.1) is 5.92 Å². The Morgan fingerprint density at radius 3 is 1.78 bits per heavy atom. The Labute approximate surface area is 136 Å². The number of esters is 2. The SMILES string of the molecule is C=C(C)C(=O)OC(O)(OC(=O)C(=C)C)C(O)CC(O)C(C)CC. The molecule has 0 aliphatic rings. The van der Waals surface area contributed by atoms with Gasteiger partial charge >= 0.3 is 17.9 Å². The lowest BCUT2D eigenvalue weighted by Gasteiger charge is -2.32. The van der Waals surface area contributed by atoms with Gasteiger partial charge in [0, 0.05) is 17.6 Å². The van der Waals surface area contributed by atoms with Crippen LogP contribution >= 0.6 is 0 Å². The summed E-state index contributed by atoms with van der Waals surface area (Å²) in [6, 6.07) is 0. The van der Waals surface area contributed by atoms with Gasteiger partial charge in [-0.25, -0.2) is 9.59 Å². The lowest BCUT2D eigenvalue weighted by molar-refractivity contribution is -0.361. The van der Waals surface area contributed by atoms with E-state index in [4.69, 9.17) is 0 Å². The van der Waals surface area contributed by atoms with Gasteiger partial charge in [-0.05, 0) is 19.8 Å². The van der Waals surface area contributed by atoms with Crippen molar-refractivity contribution in [1.29, 1.82) is 0 Å². The molecular weight excluding hydrogens is 304 g/mol. The zero-order valence-electron chi connectivity index (χ0n) is 14.0. The number of hydrogen-bond donors (Lipinski definition) is 3. The molecule has 3 unspecified atom stereocenters. The first kappa shape index (κ1) is 21.3. The fraction of sp³-hybridized carbons (Fsp3) is 0.625. The quantitative estimate of drug-likeness (QED) is 0.329. The molecule has 0 radical (unpaired) electrons. The van der Waals surface area contributed by atoms with E-state index >= 15 is 0 Å². The highest BCUT2D eigenvalue weighted by Crippen LogP contribution is 2.24. The van der Waals surface area contributed by atoms with Crippen molar-refractivity contribution >= 4 is 11.9 Å². The number of hydrogen-bond acceptors (Lipinski definition) is 7. The minimum atomic E-state index is -2.94. The monoisotopic (exact) mass is 330 g/mol. The van der Waals surface area contributed by atoms with E-state index in [9.17, 15) is 24.9 Å². The van der Waals surface area contributed by atoms with Crippen LogP contribution in [0.15, 0.2) is 24.3 Å². The van der Waals surface area contributed by atoms with Crippen molar-refractivity contribution in [3.63, 3.8) is 0 Å². The van der Waals surface area contributed by atoms with E-state index in [1.165, 1.54) is 13.8 Å². The first-order valence-corrected chi connectivity index (χ1v) is 7.30. The minimum absolute atomic E-state index is 0.0653. The van der Waals surface area contributed by atoms with Gasteiger partial charge in [0.05, 0.1) is 6.10 Å². The Balaban J connectivity index is 5.30. The van der Waals surface area contributed by atoms with Crippen LogP contribution in [0.2, 0.25) is 0 Å². The van der Waals surface area contributed by atoms with E-state index in [2.05, 4.69) is 22.6 Å². The molecule has 3 N–H and O–H groups in total. The lowest BCUT2D eigenvalue weighted by atomic mass is 9.96. The topological polar surface area (TPSA) is 113 Å². The van der Waals surface area contributed by atoms with Gasteiger partial charge in [0.2, 0.25) is 0 Å². The molecule has 0 fully saturated rings. The molecule has 132 valence electrons. The summed E-state index contributed by atoms with van der Waals surface area (Å²) < 4.78 is 9.34. The molecule has 0 saturated carbocycles. The summed E-state index contributed by atoms with van der Waals surface area (Å²) >= 11 is 0. The molecule has 0 aromatic rings.